The van der Waals surface area contributed by atoms with Gasteiger partial charge in [-0.1, -0.05) is 42.7 Å². The molecule has 1 saturated heterocycles. The molecule has 1 heterocycles. The molecule has 0 bridgehead atoms. The molecule has 0 saturated carbocycles. The van der Waals surface area contributed by atoms with E-state index in [1.807, 2.05) is 0 Å². The van der Waals surface area contributed by atoms with Gasteiger partial charge in [-0.25, -0.2) is 0 Å². The number of Topliss-reactive ketones (excluding diaryl/α,β-unsaturated/α-hetero) is 1. The minimum Gasteiger partial charge on any atom is -0.312 e. The van der Waals surface area contributed by atoms with Crippen LogP contribution in [0.5, 0.6) is 0 Å². The number of carbonyl (C=O) groups is 1. The van der Waals surface area contributed by atoms with Crippen LogP contribution in [0.2, 0.25) is 0 Å². The molecule has 2 rings (SSSR count). The first-order chi connectivity index (χ1) is 12.1. The van der Waals surface area contributed by atoms with Gasteiger partial charge in [-0.3, -0.25) is 0 Å². The van der Waals surface area contributed by atoms with Gasteiger partial charge in [0.1, 0.15) is 5.78 Å². The second-order valence-corrected chi connectivity index (χ2v) is 7.71. The number of hydrogen-bond acceptors (Lipinski definition) is 3. The van der Waals surface area contributed by atoms with Crippen molar-refractivity contribution in [3.8, 4) is 0 Å². The van der Waals surface area contributed by atoms with Gasteiger partial charge in [-0.05, 0) is 71.1 Å². The third kappa shape index (κ3) is 8.64. The van der Waals surface area contributed by atoms with Gasteiger partial charge in [0.05, 0.1) is 0 Å². The monoisotopic (exact) mass is 344 g/mol. The van der Waals surface area contributed by atoms with E-state index in [-0.39, 0.29) is 0 Å². The molecule has 3 heteroatoms. The molecule has 0 aliphatic carbocycles. The fourth-order valence-electron chi connectivity index (χ4n) is 3.65. The molecule has 1 atom stereocenters. The first-order valence-corrected chi connectivity index (χ1v) is 10.1. The van der Waals surface area contributed by atoms with Gasteiger partial charge in [0.2, 0.25) is 0 Å². The quantitative estimate of drug-likeness (QED) is 0.579. The van der Waals surface area contributed by atoms with E-state index in [4.69, 9.17) is 0 Å². The van der Waals surface area contributed by atoms with Crippen molar-refractivity contribution in [3.63, 3.8) is 0 Å². The number of rotatable bonds is 12. The number of hydrogen-bond donors (Lipinski definition) is 1. The van der Waals surface area contributed by atoms with Crippen LogP contribution in [0.4, 0.5) is 0 Å². The first kappa shape index (κ1) is 20.1. The standard InChI is InChI=1S/C22H36N2O/c1-19-10-12-21(13-11-19)17-22(18-24-15-7-8-16-24)23-14-6-4-3-5-9-20(2)25/h10-13,22-23H,3-9,14-18H2,1-2H3. The van der Waals surface area contributed by atoms with E-state index in [1.165, 1.54) is 56.3 Å². The Morgan fingerprint density at radius 3 is 2.44 bits per heavy atom. The van der Waals surface area contributed by atoms with Crippen LogP contribution in [-0.2, 0) is 11.2 Å². The van der Waals surface area contributed by atoms with Crippen LogP contribution in [0, 0.1) is 6.92 Å². The molecule has 1 aliphatic heterocycles. The van der Waals surface area contributed by atoms with Crippen molar-refractivity contribution >= 4 is 5.78 Å². The van der Waals surface area contributed by atoms with Gasteiger partial charge >= 0.3 is 0 Å². The molecule has 0 amide bonds. The maximum atomic E-state index is 11.0. The largest absolute Gasteiger partial charge is 0.312 e. The highest BCUT2D eigenvalue weighted by Crippen LogP contribution is 2.12. The zero-order chi connectivity index (χ0) is 17.9. The Morgan fingerprint density at radius 1 is 1.08 bits per heavy atom. The maximum absolute atomic E-state index is 11.0. The number of ketones is 1. The Bertz CT molecular complexity index is 491. The van der Waals surface area contributed by atoms with Crippen molar-refractivity contribution in [3.05, 3.63) is 35.4 Å². The lowest BCUT2D eigenvalue weighted by atomic mass is 10.0. The zero-order valence-electron chi connectivity index (χ0n) is 16.2. The Hall–Kier alpha value is -1.19. The van der Waals surface area contributed by atoms with E-state index >= 15 is 0 Å². The lowest BCUT2D eigenvalue weighted by Crippen LogP contribution is -2.42. The third-order valence-corrected chi connectivity index (χ3v) is 5.17. The van der Waals surface area contributed by atoms with Crippen molar-refractivity contribution in [2.24, 2.45) is 0 Å². The average molecular weight is 345 g/mol. The molecule has 3 nitrogen and oxygen atoms in total. The number of nitrogens with one attached hydrogen (secondary N) is 1. The number of carbonyl (C=O) groups excluding carboxylic acids is 1. The van der Waals surface area contributed by atoms with Crippen LogP contribution in [0.3, 0.4) is 0 Å². The maximum Gasteiger partial charge on any atom is 0.129 e. The SMILES string of the molecule is CC(=O)CCCCCCNC(Cc1ccc(C)cc1)CN1CCCC1. The number of benzene rings is 1. The normalized spacial score (nSPS) is 16.2. The van der Waals surface area contributed by atoms with Gasteiger partial charge in [0.25, 0.3) is 0 Å². The summed E-state index contributed by atoms with van der Waals surface area (Å²) >= 11 is 0. The first-order valence-electron chi connectivity index (χ1n) is 10.1. The van der Waals surface area contributed by atoms with Crippen LogP contribution in [-0.4, -0.2) is 42.9 Å². The Balaban J connectivity index is 1.72. The van der Waals surface area contributed by atoms with Crippen LogP contribution in [0.15, 0.2) is 24.3 Å². The van der Waals surface area contributed by atoms with E-state index in [9.17, 15) is 4.79 Å². The predicted molar refractivity (Wildman–Crippen MR) is 106 cm³/mol. The molecule has 1 unspecified atom stereocenters. The molecule has 1 fully saturated rings. The van der Waals surface area contributed by atoms with Gasteiger partial charge in [0, 0.05) is 19.0 Å². The summed E-state index contributed by atoms with van der Waals surface area (Å²) in [7, 11) is 0. The number of unbranched alkanes of at least 4 members (excludes halogenated alkanes) is 3. The van der Waals surface area contributed by atoms with Crippen LogP contribution < -0.4 is 5.32 Å². The van der Waals surface area contributed by atoms with Crippen molar-refractivity contribution in [2.45, 2.75) is 71.3 Å². The molecule has 25 heavy (non-hydrogen) atoms. The van der Waals surface area contributed by atoms with Crippen molar-refractivity contribution in [1.29, 1.82) is 0 Å². The summed E-state index contributed by atoms with van der Waals surface area (Å²) in [6.07, 6.45) is 9.23. The number of aryl methyl sites for hydroxylation is 1. The zero-order valence-corrected chi connectivity index (χ0v) is 16.2. The minimum absolute atomic E-state index is 0.321. The Morgan fingerprint density at radius 2 is 1.76 bits per heavy atom. The molecule has 0 radical (unpaired) electrons. The van der Waals surface area contributed by atoms with Gasteiger partial charge in [-0.2, -0.15) is 0 Å². The molecule has 0 spiro atoms. The molecule has 1 aliphatic rings. The molecule has 0 aromatic heterocycles. The van der Waals surface area contributed by atoms with Crippen LogP contribution in [0.25, 0.3) is 0 Å². The molecule has 1 aromatic carbocycles. The molecular formula is C22H36N2O. The predicted octanol–water partition coefficient (Wildman–Crippen LogP) is 4.13. The summed E-state index contributed by atoms with van der Waals surface area (Å²) in [5, 5.41) is 3.80. The number of likely N-dealkylation sites (tertiary alicyclic amines) is 1. The van der Waals surface area contributed by atoms with Gasteiger partial charge in [-0.15, -0.1) is 0 Å². The second kappa shape index (κ2) is 11.4. The summed E-state index contributed by atoms with van der Waals surface area (Å²) in [6, 6.07) is 9.53. The van der Waals surface area contributed by atoms with E-state index in [0.29, 0.717) is 11.8 Å². The lowest BCUT2D eigenvalue weighted by molar-refractivity contribution is -0.117. The summed E-state index contributed by atoms with van der Waals surface area (Å²) in [5.74, 6) is 0.321. The average Bonchev–Trinajstić information content (AvgIpc) is 3.08. The summed E-state index contributed by atoms with van der Waals surface area (Å²) in [6.45, 7) is 8.61. The summed E-state index contributed by atoms with van der Waals surface area (Å²) in [4.78, 5) is 13.6. The topological polar surface area (TPSA) is 32.3 Å². The Kier molecular flexibility index (Phi) is 9.20. The van der Waals surface area contributed by atoms with Crippen molar-refractivity contribution in [1.82, 2.24) is 10.2 Å². The molecular weight excluding hydrogens is 308 g/mol. The fraction of sp³-hybridized carbons (Fsp3) is 0.682. The second-order valence-electron chi connectivity index (χ2n) is 7.71. The van der Waals surface area contributed by atoms with E-state index in [0.717, 1.165) is 32.4 Å². The van der Waals surface area contributed by atoms with E-state index in [2.05, 4.69) is 41.4 Å². The third-order valence-electron chi connectivity index (χ3n) is 5.17. The van der Waals surface area contributed by atoms with Gasteiger partial charge in [0.15, 0.2) is 0 Å². The van der Waals surface area contributed by atoms with Crippen molar-refractivity contribution in [2.75, 3.05) is 26.2 Å². The smallest absolute Gasteiger partial charge is 0.129 e. The van der Waals surface area contributed by atoms with E-state index < -0.39 is 0 Å². The van der Waals surface area contributed by atoms with Crippen LogP contribution in [0.1, 0.15) is 63.0 Å². The summed E-state index contributed by atoms with van der Waals surface area (Å²) in [5.41, 5.74) is 2.77. The number of nitrogens with zero attached hydrogens (tertiary/aromatic N) is 1. The molecule has 1 aromatic rings. The van der Waals surface area contributed by atoms with Gasteiger partial charge < -0.3 is 15.0 Å². The fourth-order valence-corrected chi connectivity index (χ4v) is 3.65. The van der Waals surface area contributed by atoms with E-state index in [1.54, 1.807) is 6.92 Å². The highest BCUT2D eigenvalue weighted by Gasteiger charge is 2.17. The molecule has 1 N–H and O–H groups in total. The molecule has 140 valence electrons. The minimum atomic E-state index is 0.321. The summed E-state index contributed by atoms with van der Waals surface area (Å²) < 4.78 is 0. The highest BCUT2D eigenvalue weighted by atomic mass is 16.1. The lowest BCUT2D eigenvalue weighted by Gasteiger charge is -2.25. The van der Waals surface area contributed by atoms with Crippen LogP contribution >= 0.6 is 0 Å². The highest BCUT2D eigenvalue weighted by molar-refractivity contribution is 5.75. The van der Waals surface area contributed by atoms with Crippen molar-refractivity contribution < 1.29 is 4.79 Å². The Labute approximate surface area is 154 Å².